The van der Waals surface area contributed by atoms with Gasteiger partial charge >= 0.3 is 0 Å². The van der Waals surface area contributed by atoms with Crippen molar-refractivity contribution in [2.45, 2.75) is 357 Å². The van der Waals surface area contributed by atoms with Crippen LogP contribution in [0.5, 0.6) is 0 Å². The molecule has 9 N–H and O–H groups in total. The van der Waals surface area contributed by atoms with Crippen LogP contribution >= 0.6 is 0 Å². The highest BCUT2D eigenvalue weighted by molar-refractivity contribution is 5.76. The van der Waals surface area contributed by atoms with E-state index in [4.69, 9.17) is 18.9 Å². The number of allylic oxidation sites excluding steroid dienone is 7. The summed E-state index contributed by atoms with van der Waals surface area (Å²) < 4.78 is 22.8. The first-order chi connectivity index (χ1) is 40.1. The topological polar surface area (TPSA) is 228 Å². The van der Waals surface area contributed by atoms with Crippen LogP contribution in [-0.2, 0) is 23.7 Å². The van der Waals surface area contributed by atoms with E-state index in [1.54, 1.807) is 6.08 Å². The molecule has 82 heavy (non-hydrogen) atoms. The van der Waals surface area contributed by atoms with Crippen molar-refractivity contribution in [1.29, 1.82) is 0 Å². The summed E-state index contributed by atoms with van der Waals surface area (Å²) in [5, 5.41) is 87.4. The molecule has 2 aliphatic rings. The van der Waals surface area contributed by atoms with Gasteiger partial charge < -0.3 is 65.1 Å². The second-order valence-electron chi connectivity index (χ2n) is 24.0. The minimum atomic E-state index is -1.79. The number of nitrogens with one attached hydrogen (secondary N) is 1. The molecule has 0 aromatic heterocycles. The number of aliphatic hydroxyl groups excluding tert-OH is 8. The number of hydrogen-bond acceptors (Lipinski definition) is 13. The number of rotatable bonds is 55. The van der Waals surface area contributed by atoms with Gasteiger partial charge in [-0.2, -0.15) is 0 Å². The Kier molecular flexibility index (Phi) is 49.3. The van der Waals surface area contributed by atoms with Crippen LogP contribution in [0.15, 0.2) is 48.6 Å². The number of unbranched alkanes of at least 4 members (excludes halogenated alkanes) is 36. The first-order valence-electron chi connectivity index (χ1n) is 33.9. The zero-order chi connectivity index (χ0) is 59.5. The molecule has 2 aliphatic heterocycles. The number of amides is 1. The maximum atomic E-state index is 13.3. The molecule has 0 aromatic carbocycles. The Balaban J connectivity index is 1.72. The summed E-state index contributed by atoms with van der Waals surface area (Å²) in [6.07, 6.45) is 51.5. The molecule has 0 radical (unpaired) electrons. The van der Waals surface area contributed by atoms with Gasteiger partial charge in [0.25, 0.3) is 0 Å². The largest absolute Gasteiger partial charge is 0.394 e. The minimum Gasteiger partial charge on any atom is -0.394 e. The quantitative estimate of drug-likeness (QED) is 0.0204. The maximum Gasteiger partial charge on any atom is 0.220 e. The van der Waals surface area contributed by atoms with Crippen molar-refractivity contribution in [2.75, 3.05) is 19.8 Å². The van der Waals surface area contributed by atoms with Crippen LogP contribution < -0.4 is 5.32 Å². The highest BCUT2D eigenvalue weighted by Crippen LogP contribution is 2.30. The van der Waals surface area contributed by atoms with Gasteiger partial charge in [-0.3, -0.25) is 4.79 Å². The molecule has 2 saturated heterocycles. The first kappa shape index (κ1) is 76.0. The Morgan fingerprint density at radius 1 is 0.439 bits per heavy atom. The lowest BCUT2D eigenvalue weighted by atomic mass is 9.97. The lowest BCUT2D eigenvalue weighted by Crippen LogP contribution is -2.65. The summed E-state index contributed by atoms with van der Waals surface area (Å²) in [7, 11) is 0. The Hall–Kier alpha value is -2.05. The van der Waals surface area contributed by atoms with Gasteiger partial charge in [0.2, 0.25) is 5.91 Å². The molecule has 12 unspecified atom stereocenters. The van der Waals surface area contributed by atoms with Crippen molar-refractivity contribution in [3.05, 3.63) is 48.6 Å². The molecule has 14 nitrogen and oxygen atoms in total. The van der Waals surface area contributed by atoms with Crippen molar-refractivity contribution in [3.8, 4) is 0 Å². The van der Waals surface area contributed by atoms with Crippen molar-refractivity contribution in [1.82, 2.24) is 5.32 Å². The monoisotopic (exact) mass is 1160 g/mol. The van der Waals surface area contributed by atoms with Crippen LogP contribution in [-0.4, -0.2) is 140 Å². The molecule has 0 aromatic rings. The highest BCUT2D eigenvalue weighted by Gasteiger charge is 2.51. The van der Waals surface area contributed by atoms with E-state index >= 15 is 0 Å². The second-order valence-corrected chi connectivity index (χ2v) is 24.0. The number of aliphatic hydroxyl groups is 8. The third-order valence-electron chi connectivity index (χ3n) is 16.5. The Morgan fingerprint density at radius 2 is 0.805 bits per heavy atom. The maximum absolute atomic E-state index is 13.3. The van der Waals surface area contributed by atoms with Crippen molar-refractivity contribution < 1.29 is 64.6 Å². The SMILES string of the molecule is CCCCCCC/C=C\C/C=C\C/C=C\CCCCCCCCCCC(=O)NC(COC1OC(CO)C(OC2OC(CO)C(O)C(O)C2O)C(O)C1O)C(O)/C=C/CCCCCCCCCCCCCCCCCCCCCCCCC. The molecule has 0 spiro atoms. The van der Waals surface area contributed by atoms with Crippen LogP contribution in [0.2, 0.25) is 0 Å². The van der Waals surface area contributed by atoms with Gasteiger partial charge in [-0.15, -0.1) is 0 Å². The molecule has 2 fully saturated rings. The zero-order valence-corrected chi connectivity index (χ0v) is 52.0. The summed E-state index contributed by atoms with van der Waals surface area (Å²) >= 11 is 0. The Bertz CT molecular complexity index is 1560. The predicted octanol–water partition coefficient (Wildman–Crippen LogP) is 13.1. The van der Waals surface area contributed by atoms with Crippen LogP contribution in [0.1, 0.15) is 284 Å². The van der Waals surface area contributed by atoms with Gasteiger partial charge in [0.05, 0.1) is 32.0 Å². The number of carbonyl (C=O) groups is 1. The Morgan fingerprint density at radius 3 is 1.23 bits per heavy atom. The first-order valence-corrected chi connectivity index (χ1v) is 33.9. The molecule has 2 rings (SSSR count). The van der Waals surface area contributed by atoms with E-state index < -0.39 is 86.8 Å². The number of hydrogen-bond donors (Lipinski definition) is 9. The normalized spacial score (nSPS) is 24.2. The number of ether oxygens (including phenoxy) is 4. The molecule has 0 bridgehead atoms. The van der Waals surface area contributed by atoms with E-state index in [0.717, 1.165) is 57.8 Å². The van der Waals surface area contributed by atoms with Gasteiger partial charge in [0.15, 0.2) is 12.6 Å². The third-order valence-corrected chi connectivity index (χ3v) is 16.5. The van der Waals surface area contributed by atoms with Crippen molar-refractivity contribution in [3.63, 3.8) is 0 Å². The average molecular weight is 1160 g/mol. The van der Waals surface area contributed by atoms with Gasteiger partial charge in [-0.1, -0.05) is 268 Å². The summed E-state index contributed by atoms with van der Waals surface area (Å²) in [6, 6.07) is -0.921. The molecule has 0 saturated carbocycles. The van der Waals surface area contributed by atoms with Crippen molar-refractivity contribution >= 4 is 5.91 Å². The zero-order valence-electron chi connectivity index (χ0n) is 52.0. The average Bonchev–Trinajstić information content (AvgIpc) is 3.53. The van der Waals surface area contributed by atoms with Crippen LogP contribution in [0, 0.1) is 0 Å². The highest BCUT2D eigenvalue weighted by atomic mass is 16.7. The summed E-state index contributed by atoms with van der Waals surface area (Å²) in [5.41, 5.74) is 0. The fraction of sp³-hybridized carbons (Fsp3) is 0.868. The standard InChI is InChI=1S/C68H125NO13/c1-3-5-7-9-11-13-15-17-19-21-23-25-27-28-30-31-33-35-37-39-41-43-45-47-49-51-57(72)56(55-79-67-65(78)63(76)66(59(54-71)81-67)82-68-64(77)62(75)61(74)58(53-70)80-68)69-60(73)52-50-48-46-44-42-40-38-36-34-32-29-26-24-22-20-18-16-14-12-10-8-6-4-2/h16,18,22,24,29,32,49,51,56-59,61-68,70-72,74-78H,3-15,17,19-21,23,25-28,30-31,33-48,50,52-55H2,1-2H3,(H,69,73)/b18-16-,24-22-,32-29-,51-49+. The van der Waals surface area contributed by atoms with E-state index in [-0.39, 0.29) is 18.9 Å². The second kappa shape index (κ2) is 53.2. The van der Waals surface area contributed by atoms with E-state index in [9.17, 15) is 45.6 Å². The molecule has 0 aliphatic carbocycles. The molecular formula is C68H125NO13. The predicted molar refractivity (Wildman–Crippen MR) is 332 cm³/mol. The summed E-state index contributed by atoms with van der Waals surface area (Å²) in [5.74, 6) is -0.244. The van der Waals surface area contributed by atoms with Crippen LogP contribution in [0.25, 0.3) is 0 Å². The van der Waals surface area contributed by atoms with Crippen molar-refractivity contribution in [2.24, 2.45) is 0 Å². The fourth-order valence-electron chi connectivity index (χ4n) is 11.1. The summed E-state index contributed by atoms with van der Waals surface area (Å²) in [4.78, 5) is 13.3. The molecule has 1 amide bonds. The van der Waals surface area contributed by atoms with E-state index in [0.29, 0.717) is 6.42 Å². The molecule has 12 atom stereocenters. The Labute approximate surface area is 499 Å². The van der Waals surface area contributed by atoms with E-state index in [2.05, 4.69) is 55.6 Å². The third kappa shape index (κ3) is 37.5. The van der Waals surface area contributed by atoms with Crippen LogP contribution in [0.3, 0.4) is 0 Å². The van der Waals surface area contributed by atoms with Gasteiger partial charge in [0, 0.05) is 6.42 Å². The van der Waals surface area contributed by atoms with Gasteiger partial charge in [0.1, 0.15) is 48.8 Å². The fourth-order valence-corrected chi connectivity index (χ4v) is 11.1. The molecule has 2 heterocycles. The lowest BCUT2D eigenvalue weighted by molar-refractivity contribution is -0.359. The molecular weight excluding hydrogens is 1040 g/mol. The van der Waals surface area contributed by atoms with Gasteiger partial charge in [-0.05, 0) is 57.8 Å². The molecule has 480 valence electrons. The smallest absolute Gasteiger partial charge is 0.220 e. The lowest BCUT2D eigenvalue weighted by Gasteiger charge is -2.46. The van der Waals surface area contributed by atoms with Gasteiger partial charge in [-0.25, -0.2) is 0 Å². The number of carbonyl (C=O) groups excluding carboxylic acids is 1. The van der Waals surface area contributed by atoms with E-state index in [1.165, 1.54) is 199 Å². The van der Waals surface area contributed by atoms with Crippen LogP contribution in [0.4, 0.5) is 0 Å². The molecule has 14 heteroatoms. The van der Waals surface area contributed by atoms with E-state index in [1.807, 2.05) is 6.08 Å². The summed E-state index contributed by atoms with van der Waals surface area (Å²) in [6.45, 7) is 2.81. The minimum absolute atomic E-state index is 0.244.